The van der Waals surface area contributed by atoms with Crippen molar-refractivity contribution in [2.45, 2.75) is 13.3 Å². The highest BCUT2D eigenvalue weighted by Gasteiger charge is 2.60. The normalized spacial score (nSPS) is 21.2. The van der Waals surface area contributed by atoms with Crippen molar-refractivity contribution in [3.8, 4) is 22.4 Å². The molecular formula is C40H30N2O5. The summed E-state index contributed by atoms with van der Waals surface area (Å²) in [5.74, 6) is -1.43. The van der Waals surface area contributed by atoms with Gasteiger partial charge in [-0.05, 0) is 60.6 Å². The number of para-hydroxylation sites is 1. The molecule has 7 nitrogen and oxygen atoms in total. The van der Waals surface area contributed by atoms with Crippen LogP contribution in [-0.2, 0) is 14.3 Å². The van der Waals surface area contributed by atoms with Gasteiger partial charge in [-0.1, -0.05) is 96.6 Å². The topological polar surface area (TPSA) is 93.6 Å². The third-order valence-electron chi connectivity index (χ3n) is 9.89. The van der Waals surface area contributed by atoms with E-state index in [2.05, 4.69) is 13.0 Å². The second kappa shape index (κ2) is 11.3. The van der Waals surface area contributed by atoms with Crippen LogP contribution in [0, 0.1) is 23.7 Å². The predicted molar refractivity (Wildman–Crippen MR) is 178 cm³/mol. The van der Waals surface area contributed by atoms with Crippen LogP contribution in [0.4, 0.5) is 5.69 Å². The van der Waals surface area contributed by atoms with Gasteiger partial charge in [0.15, 0.2) is 12.4 Å². The molecule has 7 heteroatoms. The number of hydrogen-bond acceptors (Lipinski definition) is 6. The lowest BCUT2D eigenvalue weighted by Crippen LogP contribution is -2.32. The number of amides is 2. The first-order valence-electron chi connectivity index (χ1n) is 15.8. The molecule has 4 unspecified atom stereocenters. The Balaban J connectivity index is 1.01. The molecule has 1 saturated carbocycles. The Kier molecular flexibility index (Phi) is 6.90. The van der Waals surface area contributed by atoms with Crippen molar-refractivity contribution in [2.75, 3.05) is 11.5 Å². The van der Waals surface area contributed by atoms with Crippen LogP contribution in [-0.4, -0.2) is 35.2 Å². The molecule has 4 atom stereocenters. The van der Waals surface area contributed by atoms with Gasteiger partial charge >= 0.3 is 5.97 Å². The number of hydrogen-bond donors (Lipinski definition) is 0. The molecule has 2 aliphatic carbocycles. The molecule has 8 rings (SSSR count). The van der Waals surface area contributed by atoms with Crippen LogP contribution in [0.3, 0.4) is 0 Å². The van der Waals surface area contributed by atoms with Crippen LogP contribution >= 0.6 is 0 Å². The number of allylic oxidation sites excluding steroid dienone is 2. The van der Waals surface area contributed by atoms with Crippen molar-refractivity contribution < 1.29 is 23.9 Å². The van der Waals surface area contributed by atoms with Crippen molar-refractivity contribution >= 4 is 40.2 Å². The van der Waals surface area contributed by atoms with Gasteiger partial charge < -0.3 is 4.74 Å². The lowest BCUT2D eigenvalue weighted by atomic mass is 9.82. The molecular weight excluding hydrogens is 588 g/mol. The SMILES string of the molecule is CC1=CC2CC1C1C(=O)N(c3ccc(-c4cc(C(=O)OCC(=O)c5ccc(-c6ccccc6)cc5)c5ccccc5n4)cc3)C(=O)C21. The Morgan fingerprint density at radius 1 is 0.787 bits per heavy atom. The van der Waals surface area contributed by atoms with E-state index in [1.54, 1.807) is 48.5 Å². The van der Waals surface area contributed by atoms with Gasteiger partial charge in [0.25, 0.3) is 0 Å². The monoisotopic (exact) mass is 618 g/mol. The fourth-order valence-electron chi connectivity index (χ4n) is 7.57. The summed E-state index contributed by atoms with van der Waals surface area (Å²) >= 11 is 0. The molecule has 0 radical (unpaired) electrons. The van der Waals surface area contributed by atoms with Gasteiger partial charge in [-0.25, -0.2) is 9.78 Å². The zero-order chi connectivity index (χ0) is 32.2. The Morgan fingerprint density at radius 3 is 2.21 bits per heavy atom. The Bertz CT molecular complexity index is 2120. The summed E-state index contributed by atoms with van der Waals surface area (Å²) < 4.78 is 5.53. The molecule has 0 N–H and O–H groups in total. The largest absolute Gasteiger partial charge is 0.454 e. The van der Waals surface area contributed by atoms with E-state index in [1.165, 1.54) is 10.5 Å². The fraction of sp³-hybridized carbons (Fsp3) is 0.175. The molecule has 2 amide bonds. The Labute approximate surface area is 271 Å². The smallest absolute Gasteiger partial charge is 0.339 e. The maximum atomic E-state index is 13.4. The molecule has 47 heavy (non-hydrogen) atoms. The van der Waals surface area contributed by atoms with Crippen LogP contribution in [0.25, 0.3) is 33.3 Å². The maximum Gasteiger partial charge on any atom is 0.339 e. The van der Waals surface area contributed by atoms with E-state index in [0.29, 0.717) is 33.4 Å². The first kappa shape index (κ1) is 28.8. The number of benzene rings is 4. The molecule has 2 fully saturated rings. The van der Waals surface area contributed by atoms with Gasteiger partial charge in [0.2, 0.25) is 11.8 Å². The zero-order valence-electron chi connectivity index (χ0n) is 25.6. The minimum Gasteiger partial charge on any atom is -0.454 e. The number of carbonyl (C=O) groups is 4. The zero-order valence-corrected chi connectivity index (χ0v) is 25.6. The van der Waals surface area contributed by atoms with Crippen LogP contribution in [0.2, 0.25) is 0 Å². The summed E-state index contributed by atoms with van der Waals surface area (Å²) in [5.41, 5.74) is 6.36. The minimum absolute atomic E-state index is 0.122. The van der Waals surface area contributed by atoms with Crippen LogP contribution in [0.1, 0.15) is 34.1 Å². The van der Waals surface area contributed by atoms with Gasteiger partial charge in [-0.2, -0.15) is 0 Å². The fourth-order valence-corrected chi connectivity index (χ4v) is 7.57. The number of imide groups is 1. The quantitative estimate of drug-likeness (QED) is 0.0822. The highest BCUT2D eigenvalue weighted by atomic mass is 16.5. The molecule has 5 aromatic rings. The number of carbonyl (C=O) groups excluding carboxylic acids is 4. The third kappa shape index (κ3) is 4.86. The summed E-state index contributed by atoms with van der Waals surface area (Å²) in [6, 6.07) is 33.1. The summed E-state index contributed by atoms with van der Waals surface area (Å²) in [7, 11) is 0. The average molecular weight is 619 g/mol. The number of ketones is 1. The number of esters is 1. The lowest BCUT2D eigenvalue weighted by molar-refractivity contribution is -0.123. The summed E-state index contributed by atoms with van der Waals surface area (Å²) in [6.45, 7) is 1.65. The van der Waals surface area contributed by atoms with Gasteiger partial charge in [0.1, 0.15) is 0 Å². The van der Waals surface area contributed by atoms with Crippen molar-refractivity contribution in [2.24, 2.45) is 23.7 Å². The molecule has 230 valence electrons. The number of aromatic nitrogens is 1. The third-order valence-corrected chi connectivity index (χ3v) is 9.89. The molecule has 2 heterocycles. The summed E-state index contributed by atoms with van der Waals surface area (Å²) in [6.07, 6.45) is 3.05. The second-order valence-electron chi connectivity index (χ2n) is 12.5. The van der Waals surface area contributed by atoms with Crippen molar-refractivity contribution in [3.05, 3.63) is 132 Å². The van der Waals surface area contributed by atoms with Crippen molar-refractivity contribution in [3.63, 3.8) is 0 Å². The van der Waals surface area contributed by atoms with E-state index in [0.717, 1.165) is 17.5 Å². The first-order chi connectivity index (χ1) is 22.9. The molecule has 2 bridgehead atoms. The van der Waals surface area contributed by atoms with E-state index in [-0.39, 0.29) is 46.8 Å². The summed E-state index contributed by atoms with van der Waals surface area (Å²) in [5, 5.41) is 0.607. The number of rotatable bonds is 7. The highest BCUT2D eigenvalue weighted by molar-refractivity contribution is 6.23. The highest BCUT2D eigenvalue weighted by Crippen LogP contribution is 2.56. The van der Waals surface area contributed by atoms with Gasteiger partial charge in [-0.15, -0.1) is 0 Å². The standard InChI is InChI=1S/C40H30N2O5/c1-23-19-28-20-31(23)37-36(28)38(44)42(39(37)45)29-17-15-26(16-18-29)34-21-32(30-9-5-6-10-33(30)41-34)40(46)47-22-35(43)27-13-11-25(12-14-27)24-7-3-2-4-8-24/h2-19,21,28,31,36-37H,20,22H2,1H3. The van der Waals surface area contributed by atoms with Gasteiger partial charge in [0.05, 0.1) is 34.3 Å². The van der Waals surface area contributed by atoms with E-state index in [9.17, 15) is 19.2 Å². The first-order valence-corrected chi connectivity index (χ1v) is 15.8. The Hall–Kier alpha value is -5.69. The van der Waals surface area contributed by atoms with Crippen LogP contribution < -0.4 is 4.90 Å². The van der Waals surface area contributed by atoms with Gasteiger partial charge in [0, 0.05) is 16.5 Å². The number of nitrogens with zero attached hydrogens (tertiary/aromatic N) is 2. The molecule has 1 aliphatic heterocycles. The minimum atomic E-state index is -0.631. The molecule has 3 aliphatic rings. The van der Waals surface area contributed by atoms with Crippen LogP contribution in [0.5, 0.6) is 0 Å². The lowest BCUT2D eigenvalue weighted by Gasteiger charge is -2.19. The summed E-state index contributed by atoms with van der Waals surface area (Å²) in [4.78, 5) is 59.3. The molecule has 1 saturated heterocycles. The molecule has 0 spiro atoms. The Morgan fingerprint density at radius 2 is 1.45 bits per heavy atom. The average Bonchev–Trinajstić information content (AvgIpc) is 3.76. The molecule has 4 aromatic carbocycles. The molecule has 1 aromatic heterocycles. The number of Topliss-reactive ketones (excluding diaryl/α,β-unsaturated/α-hetero) is 1. The predicted octanol–water partition coefficient (Wildman–Crippen LogP) is 7.31. The van der Waals surface area contributed by atoms with Crippen LogP contribution in [0.15, 0.2) is 121 Å². The van der Waals surface area contributed by atoms with E-state index >= 15 is 0 Å². The van der Waals surface area contributed by atoms with E-state index in [1.807, 2.05) is 60.7 Å². The number of pyridine rings is 1. The van der Waals surface area contributed by atoms with Gasteiger partial charge in [-0.3, -0.25) is 19.3 Å². The second-order valence-corrected chi connectivity index (χ2v) is 12.5. The van der Waals surface area contributed by atoms with Crippen molar-refractivity contribution in [1.29, 1.82) is 0 Å². The number of ether oxygens (including phenoxy) is 1. The van der Waals surface area contributed by atoms with E-state index < -0.39 is 12.6 Å². The number of fused-ring (bicyclic) bond motifs is 6. The number of anilines is 1. The van der Waals surface area contributed by atoms with E-state index in [4.69, 9.17) is 9.72 Å². The van der Waals surface area contributed by atoms with Crippen molar-refractivity contribution in [1.82, 2.24) is 4.98 Å². The maximum absolute atomic E-state index is 13.4.